The predicted molar refractivity (Wildman–Crippen MR) is 95.4 cm³/mol. The van der Waals surface area contributed by atoms with E-state index in [1.807, 2.05) is 30.5 Å². The molecule has 0 unspecified atom stereocenters. The third kappa shape index (κ3) is 3.87. The lowest BCUT2D eigenvalue weighted by molar-refractivity contribution is -0.118. The summed E-state index contributed by atoms with van der Waals surface area (Å²) in [5.41, 5.74) is 7.20. The molecular weight excluding hydrogens is 346 g/mol. The van der Waals surface area contributed by atoms with E-state index < -0.39 is 0 Å². The zero-order chi connectivity index (χ0) is 16.9. The number of amides is 1. The molecule has 7 nitrogen and oxygen atoms in total. The van der Waals surface area contributed by atoms with Gasteiger partial charge < -0.3 is 10.5 Å². The van der Waals surface area contributed by atoms with Crippen molar-refractivity contribution in [2.75, 3.05) is 17.7 Å². The number of nitrogen functional groups attached to an aromatic ring is 1. The number of nitrogens with one attached hydrogen (secondary N) is 1. The highest BCUT2D eigenvalue weighted by Crippen LogP contribution is 2.31. The van der Waals surface area contributed by atoms with Gasteiger partial charge in [0.1, 0.15) is 10.8 Å². The highest BCUT2D eigenvalue weighted by Gasteiger charge is 2.12. The lowest BCUT2D eigenvalue weighted by Gasteiger charge is -2.09. The first kappa shape index (κ1) is 16.3. The first-order valence-electron chi connectivity index (χ1n) is 7.21. The molecule has 0 atom stereocenters. The van der Waals surface area contributed by atoms with Crippen molar-refractivity contribution in [3.05, 3.63) is 34.7 Å². The van der Waals surface area contributed by atoms with E-state index in [4.69, 9.17) is 10.5 Å². The fraction of sp³-hybridized carbons (Fsp3) is 0.200. The highest BCUT2D eigenvalue weighted by molar-refractivity contribution is 7.15. The molecule has 0 radical (unpaired) electrons. The summed E-state index contributed by atoms with van der Waals surface area (Å²) < 4.78 is 5.64. The van der Waals surface area contributed by atoms with Crippen molar-refractivity contribution in [1.82, 2.24) is 15.2 Å². The molecule has 3 aromatic rings. The summed E-state index contributed by atoms with van der Waals surface area (Å²) >= 11 is 2.71. The Morgan fingerprint density at radius 3 is 2.88 bits per heavy atom. The first-order valence-corrected chi connectivity index (χ1v) is 8.90. The minimum absolute atomic E-state index is 0.127. The van der Waals surface area contributed by atoms with Crippen LogP contribution in [0.2, 0.25) is 0 Å². The minimum Gasteiger partial charge on any atom is -0.483 e. The van der Waals surface area contributed by atoms with E-state index in [0.29, 0.717) is 16.0 Å². The Balaban J connectivity index is 1.65. The van der Waals surface area contributed by atoms with E-state index in [0.717, 1.165) is 22.7 Å². The van der Waals surface area contributed by atoms with E-state index in [9.17, 15) is 4.79 Å². The molecule has 0 spiro atoms. The number of ether oxygens (including phenoxy) is 1. The van der Waals surface area contributed by atoms with Crippen LogP contribution in [0.3, 0.4) is 0 Å². The van der Waals surface area contributed by atoms with Gasteiger partial charge >= 0.3 is 0 Å². The Morgan fingerprint density at radius 2 is 2.17 bits per heavy atom. The third-order valence-electron chi connectivity index (χ3n) is 3.06. The number of nitrogens with zero attached hydrogens (tertiary/aromatic N) is 3. The number of hydrogen-bond acceptors (Lipinski definition) is 8. The lowest BCUT2D eigenvalue weighted by atomic mass is 10.1. The molecule has 2 aromatic heterocycles. The van der Waals surface area contributed by atoms with Crippen molar-refractivity contribution in [2.45, 2.75) is 13.3 Å². The number of hydrogen-bond donors (Lipinski definition) is 2. The van der Waals surface area contributed by atoms with Crippen LogP contribution in [0.4, 0.5) is 10.3 Å². The van der Waals surface area contributed by atoms with Gasteiger partial charge in [-0.2, -0.15) is 0 Å². The average molecular weight is 361 g/mol. The molecule has 0 saturated heterocycles. The van der Waals surface area contributed by atoms with E-state index in [2.05, 4.69) is 20.5 Å². The van der Waals surface area contributed by atoms with Crippen molar-refractivity contribution in [3.8, 4) is 17.0 Å². The van der Waals surface area contributed by atoms with Crippen LogP contribution in [-0.2, 0) is 11.2 Å². The number of aromatic nitrogens is 3. The monoisotopic (exact) mass is 361 g/mol. The summed E-state index contributed by atoms with van der Waals surface area (Å²) in [7, 11) is 0. The molecule has 0 aliphatic carbocycles. The fourth-order valence-corrected chi connectivity index (χ4v) is 3.22. The van der Waals surface area contributed by atoms with Gasteiger partial charge in [0.05, 0.1) is 5.69 Å². The number of thiazole rings is 1. The number of carbonyl (C=O) groups excluding carboxylic acids is 1. The predicted octanol–water partition coefficient (Wildman–Crippen LogP) is 2.82. The summed E-state index contributed by atoms with van der Waals surface area (Å²) in [5, 5.41) is 14.2. The van der Waals surface area contributed by atoms with Gasteiger partial charge in [0.25, 0.3) is 5.91 Å². The molecule has 124 valence electrons. The number of anilines is 2. The molecule has 0 bridgehead atoms. The SMILES string of the molecule is CCc1nnc(NC(=O)COc2ccccc2-c2csc(N)n2)s1. The number of para-hydroxylation sites is 1. The number of rotatable bonds is 6. The van der Waals surface area contributed by atoms with Crippen LogP contribution in [0.5, 0.6) is 5.75 Å². The summed E-state index contributed by atoms with van der Waals surface area (Å²) in [6.07, 6.45) is 0.786. The Labute approximate surface area is 146 Å². The molecule has 3 N–H and O–H groups in total. The molecule has 1 aromatic carbocycles. The average Bonchev–Trinajstić information content (AvgIpc) is 3.22. The van der Waals surface area contributed by atoms with Crippen LogP contribution in [0.25, 0.3) is 11.3 Å². The van der Waals surface area contributed by atoms with Gasteiger partial charge in [-0.25, -0.2) is 4.98 Å². The minimum atomic E-state index is -0.290. The topological polar surface area (TPSA) is 103 Å². The van der Waals surface area contributed by atoms with Crippen molar-refractivity contribution in [1.29, 1.82) is 0 Å². The zero-order valence-electron chi connectivity index (χ0n) is 12.9. The molecule has 0 aliphatic rings. The van der Waals surface area contributed by atoms with Crippen molar-refractivity contribution < 1.29 is 9.53 Å². The van der Waals surface area contributed by atoms with Crippen LogP contribution >= 0.6 is 22.7 Å². The Morgan fingerprint density at radius 1 is 1.33 bits per heavy atom. The van der Waals surface area contributed by atoms with Crippen molar-refractivity contribution in [3.63, 3.8) is 0 Å². The Hall–Kier alpha value is -2.52. The summed E-state index contributed by atoms with van der Waals surface area (Å²) in [5.74, 6) is 0.283. The largest absolute Gasteiger partial charge is 0.483 e. The molecule has 3 rings (SSSR count). The maximum atomic E-state index is 12.0. The zero-order valence-corrected chi connectivity index (χ0v) is 14.5. The standard InChI is InChI=1S/C15H15N5O2S2/c1-2-13-19-20-15(24-13)18-12(21)7-22-11-6-4-3-5-9(11)10-8-23-14(16)17-10/h3-6,8H,2,7H2,1H3,(H2,16,17)(H,18,20,21). The highest BCUT2D eigenvalue weighted by atomic mass is 32.1. The van der Waals surface area contributed by atoms with E-state index >= 15 is 0 Å². The number of nitrogens with two attached hydrogens (primary N) is 1. The molecule has 0 fully saturated rings. The van der Waals surface area contributed by atoms with Gasteiger partial charge in [0.2, 0.25) is 5.13 Å². The molecule has 0 aliphatic heterocycles. The molecular formula is C15H15N5O2S2. The fourth-order valence-electron chi connectivity index (χ4n) is 1.96. The van der Waals surface area contributed by atoms with Crippen molar-refractivity contribution in [2.24, 2.45) is 0 Å². The molecule has 9 heteroatoms. The third-order valence-corrected chi connectivity index (χ3v) is 4.72. The number of benzene rings is 1. The van der Waals surface area contributed by atoms with Crippen LogP contribution in [-0.4, -0.2) is 27.7 Å². The lowest BCUT2D eigenvalue weighted by Crippen LogP contribution is -2.20. The van der Waals surface area contributed by atoms with E-state index in [-0.39, 0.29) is 12.5 Å². The van der Waals surface area contributed by atoms with Gasteiger partial charge in [-0.1, -0.05) is 30.4 Å². The summed E-state index contributed by atoms with van der Waals surface area (Å²) in [6.45, 7) is 1.86. The van der Waals surface area contributed by atoms with E-state index in [1.165, 1.54) is 22.7 Å². The van der Waals surface area contributed by atoms with E-state index in [1.54, 1.807) is 6.07 Å². The number of carbonyl (C=O) groups is 1. The Kier molecular flexibility index (Phi) is 5.02. The number of aryl methyl sites for hydroxylation is 1. The van der Waals surface area contributed by atoms with Crippen LogP contribution in [0, 0.1) is 0 Å². The van der Waals surface area contributed by atoms with Crippen molar-refractivity contribution >= 4 is 38.8 Å². The summed E-state index contributed by atoms with van der Waals surface area (Å²) in [4.78, 5) is 16.3. The van der Waals surface area contributed by atoms with Gasteiger partial charge in [-0.15, -0.1) is 21.5 Å². The van der Waals surface area contributed by atoms with Gasteiger partial charge in [-0.05, 0) is 18.6 Å². The maximum Gasteiger partial charge on any atom is 0.264 e. The molecule has 0 saturated carbocycles. The summed E-state index contributed by atoms with van der Waals surface area (Å²) in [6, 6.07) is 7.38. The maximum absolute atomic E-state index is 12.0. The van der Waals surface area contributed by atoms with Crippen LogP contribution in [0.1, 0.15) is 11.9 Å². The van der Waals surface area contributed by atoms with Crippen LogP contribution < -0.4 is 15.8 Å². The van der Waals surface area contributed by atoms with Gasteiger partial charge in [0.15, 0.2) is 11.7 Å². The Bertz CT molecular complexity index is 846. The second-order valence-corrected chi connectivity index (χ2v) is 6.71. The quantitative estimate of drug-likeness (QED) is 0.700. The van der Waals surface area contributed by atoms with Gasteiger partial charge in [-0.3, -0.25) is 10.1 Å². The molecule has 2 heterocycles. The smallest absolute Gasteiger partial charge is 0.264 e. The second kappa shape index (κ2) is 7.37. The van der Waals surface area contributed by atoms with Crippen LogP contribution in [0.15, 0.2) is 29.6 Å². The molecule has 1 amide bonds. The van der Waals surface area contributed by atoms with Gasteiger partial charge in [0, 0.05) is 10.9 Å². The first-order chi connectivity index (χ1) is 11.7. The second-order valence-electron chi connectivity index (χ2n) is 4.76. The molecule has 24 heavy (non-hydrogen) atoms. The normalized spacial score (nSPS) is 10.5.